The molecule has 1 amide bonds. The quantitative estimate of drug-likeness (QED) is 0.663. The van der Waals surface area contributed by atoms with Crippen molar-refractivity contribution in [2.75, 3.05) is 12.4 Å². The van der Waals surface area contributed by atoms with Crippen molar-refractivity contribution in [2.45, 2.75) is 20.1 Å². The van der Waals surface area contributed by atoms with E-state index in [-0.39, 0.29) is 17.1 Å². The molecule has 6 nitrogen and oxygen atoms in total. The molecule has 0 spiro atoms. The van der Waals surface area contributed by atoms with Gasteiger partial charge in [0.2, 0.25) is 0 Å². The number of aromatic nitrogens is 2. The van der Waals surface area contributed by atoms with Crippen molar-refractivity contribution in [3.63, 3.8) is 0 Å². The summed E-state index contributed by atoms with van der Waals surface area (Å²) in [6, 6.07) is 12.1. The molecule has 1 aromatic heterocycles. The number of halogens is 2. The normalized spacial score (nSPS) is 10.8. The molecule has 0 aliphatic rings. The number of hydrogen-bond acceptors (Lipinski definition) is 4. The van der Waals surface area contributed by atoms with E-state index in [4.69, 9.17) is 4.74 Å². The summed E-state index contributed by atoms with van der Waals surface area (Å²) in [7, 11) is 1.31. The van der Waals surface area contributed by atoms with E-state index in [1.165, 1.54) is 37.1 Å². The number of anilines is 1. The number of alkyl halides is 2. The summed E-state index contributed by atoms with van der Waals surface area (Å²) in [5.41, 5.74) is 3.03. The van der Waals surface area contributed by atoms with Gasteiger partial charge in [-0.15, -0.1) is 0 Å². The second-order valence-electron chi connectivity index (χ2n) is 6.11. The standard InChI is InChI=1S/C20H19F2N3O3/c1-13-3-5-14(6-4-13)11-25-12-16(10-23-25)24-19(26)15-7-8-17(28-20(21)22)18(9-15)27-2/h3-10,12,20H,11H2,1-2H3,(H,24,26). The minimum Gasteiger partial charge on any atom is -0.493 e. The zero-order chi connectivity index (χ0) is 20.1. The molecular formula is C20H19F2N3O3. The van der Waals surface area contributed by atoms with Gasteiger partial charge in [-0.25, -0.2) is 0 Å². The Morgan fingerprint density at radius 1 is 1.18 bits per heavy atom. The molecule has 8 heteroatoms. The van der Waals surface area contributed by atoms with E-state index in [1.807, 2.05) is 31.2 Å². The van der Waals surface area contributed by atoms with E-state index in [1.54, 1.807) is 10.9 Å². The Labute approximate surface area is 160 Å². The van der Waals surface area contributed by atoms with Crippen molar-refractivity contribution >= 4 is 11.6 Å². The van der Waals surface area contributed by atoms with Gasteiger partial charge < -0.3 is 14.8 Å². The van der Waals surface area contributed by atoms with Gasteiger partial charge in [-0.05, 0) is 30.7 Å². The molecule has 28 heavy (non-hydrogen) atoms. The zero-order valence-corrected chi connectivity index (χ0v) is 15.4. The smallest absolute Gasteiger partial charge is 0.387 e. The number of aryl methyl sites for hydroxylation is 1. The Bertz CT molecular complexity index is 956. The van der Waals surface area contributed by atoms with Gasteiger partial charge in [-0.3, -0.25) is 9.48 Å². The van der Waals surface area contributed by atoms with Crippen molar-refractivity contribution in [1.29, 1.82) is 0 Å². The molecule has 3 rings (SSSR count). The van der Waals surface area contributed by atoms with E-state index >= 15 is 0 Å². The molecule has 146 valence electrons. The Balaban J connectivity index is 1.68. The van der Waals surface area contributed by atoms with Crippen molar-refractivity contribution in [3.8, 4) is 11.5 Å². The second-order valence-corrected chi connectivity index (χ2v) is 6.11. The molecule has 0 aliphatic heterocycles. The maximum Gasteiger partial charge on any atom is 0.387 e. The fraction of sp³-hybridized carbons (Fsp3) is 0.200. The lowest BCUT2D eigenvalue weighted by Crippen LogP contribution is -2.12. The fourth-order valence-corrected chi connectivity index (χ4v) is 2.60. The topological polar surface area (TPSA) is 65.4 Å². The number of rotatable bonds is 7. The third kappa shape index (κ3) is 4.85. The van der Waals surface area contributed by atoms with Crippen LogP contribution in [0.4, 0.5) is 14.5 Å². The number of ether oxygens (including phenoxy) is 2. The van der Waals surface area contributed by atoms with Crippen LogP contribution in [0.5, 0.6) is 11.5 Å². The predicted molar refractivity (Wildman–Crippen MR) is 100 cm³/mol. The third-order valence-corrected chi connectivity index (χ3v) is 4.00. The zero-order valence-electron chi connectivity index (χ0n) is 15.4. The summed E-state index contributed by atoms with van der Waals surface area (Å²) in [4.78, 5) is 12.4. The van der Waals surface area contributed by atoms with Gasteiger partial charge in [0.15, 0.2) is 11.5 Å². The van der Waals surface area contributed by atoms with E-state index < -0.39 is 12.5 Å². The highest BCUT2D eigenvalue weighted by molar-refractivity contribution is 6.04. The molecule has 1 N–H and O–H groups in total. The lowest BCUT2D eigenvalue weighted by Gasteiger charge is -2.11. The molecule has 0 radical (unpaired) electrons. The highest BCUT2D eigenvalue weighted by atomic mass is 19.3. The van der Waals surface area contributed by atoms with Crippen LogP contribution in [0.3, 0.4) is 0 Å². The summed E-state index contributed by atoms with van der Waals surface area (Å²) >= 11 is 0. The number of amides is 1. The Morgan fingerprint density at radius 2 is 1.93 bits per heavy atom. The third-order valence-electron chi connectivity index (χ3n) is 4.00. The van der Waals surface area contributed by atoms with Crippen molar-refractivity contribution in [3.05, 3.63) is 71.5 Å². The molecule has 0 saturated carbocycles. The first-order chi connectivity index (χ1) is 13.4. The Morgan fingerprint density at radius 3 is 2.61 bits per heavy atom. The number of hydrogen-bond donors (Lipinski definition) is 1. The molecule has 2 aromatic carbocycles. The molecular weight excluding hydrogens is 368 g/mol. The first-order valence-corrected chi connectivity index (χ1v) is 8.47. The van der Waals surface area contributed by atoms with Crippen LogP contribution in [-0.4, -0.2) is 29.4 Å². The summed E-state index contributed by atoms with van der Waals surface area (Å²) in [6.07, 6.45) is 3.25. The van der Waals surface area contributed by atoms with Crippen LogP contribution in [0.2, 0.25) is 0 Å². The molecule has 0 aliphatic carbocycles. The minimum atomic E-state index is -2.98. The summed E-state index contributed by atoms with van der Waals surface area (Å²) < 4.78 is 35.9. The van der Waals surface area contributed by atoms with Crippen LogP contribution in [0.15, 0.2) is 54.9 Å². The summed E-state index contributed by atoms with van der Waals surface area (Å²) in [6.45, 7) is -0.385. The van der Waals surface area contributed by atoms with Crippen molar-refractivity contribution in [1.82, 2.24) is 9.78 Å². The lowest BCUT2D eigenvalue weighted by molar-refractivity contribution is -0.0512. The monoisotopic (exact) mass is 387 g/mol. The van der Waals surface area contributed by atoms with Crippen molar-refractivity contribution in [2.24, 2.45) is 0 Å². The van der Waals surface area contributed by atoms with Gasteiger partial charge in [0.1, 0.15) is 0 Å². The number of nitrogens with one attached hydrogen (secondary N) is 1. The molecule has 0 atom stereocenters. The van der Waals surface area contributed by atoms with E-state index in [2.05, 4.69) is 15.2 Å². The van der Waals surface area contributed by atoms with Crippen LogP contribution in [-0.2, 0) is 6.54 Å². The Hall–Kier alpha value is -3.42. The van der Waals surface area contributed by atoms with Crippen molar-refractivity contribution < 1.29 is 23.0 Å². The van der Waals surface area contributed by atoms with Crippen LogP contribution < -0.4 is 14.8 Å². The largest absolute Gasteiger partial charge is 0.493 e. The van der Waals surface area contributed by atoms with Crippen LogP contribution in [0, 0.1) is 6.92 Å². The maximum absolute atomic E-state index is 12.4. The molecule has 1 heterocycles. The first kappa shape index (κ1) is 19.3. The lowest BCUT2D eigenvalue weighted by atomic mass is 10.1. The van der Waals surface area contributed by atoms with Gasteiger partial charge in [-0.2, -0.15) is 13.9 Å². The van der Waals surface area contributed by atoms with Gasteiger partial charge in [-0.1, -0.05) is 29.8 Å². The molecule has 0 bridgehead atoms. The van der Waals surface area contributed by atoms with E-state index in [0.717, 1.165) is 5.56 Å². The first-order valence-electron chi connectivity index (χ1n) is 8.47. The minimum absolute atomic E-state index is 0.0445. The summed E-state index contributed by atoms with van der Waals surface area (Å²) in [5.74, 6) is -0.514. The second kappa shape index (κ2) is 8.51. The van der Waals surface area contributed by atoms with Crippen LogP contribution in [0.1, 0.15) is 21.5 Å². The van der Waals surface area contributed by atoms with Gasteiger partial charge in [0, 0.05) is 11.8 Å². The van der Waals surface area contributed by atoms with E-state index in [9.17, 15) is 13.6 Å². The summed E-state index contributed by atoms with van der Waals surface area (Å²) in [5, 5.41) is 6.95. The fourth-order valence-electron chi connectivity index (χ4n) is 2.60. The van der Waals surface area contributed by atoms with Gasteiger partial charge in [0.05, 0.1) is 25.5 Å². The number of carbonyl (C=O) groups excluding carboxylic acids is 1. The number of methoxy groups -OCH3 is 1. The number of benzene rings is 2. The van der Waals surface area contributed by atoms with Gasteiger partial charge >= 0.3 is 6.61 Å². The SMILES string of the molecule is COc1cc(C(=O)Nc2cnn(Cc3ccc(C)cc3)c2)ccc1OC(F)F. The highest BCUT2D eigenvalue weighted by Crippen LogP contribution is 2.29. The van der Waals surface area contributed by atoms with E-state index in [0.29, 0.717) is 12.2 Å². The van der Waals surface area contributed by atoms with Gasteiger partial charge in [0.25, 0.3) is 5.91 Å². The molecule has 0 saturated heterocycles. The van der Waals surface area contributed by atoms with Crippen LogP contribution in [0.25, 0.3) is 0 Å². The number of carbonyl (C=O) groups is 1. The molecule has 0 fully saturated rings. The predicted octanol–water partition coefficient (Wildman–Crippen LogP) is 4.10. The molecule has 3 aromatic rings. The molecule has 0 unspecified atom stereocenters. The maximum atomic E-state index is 12.4. The Kier molecular flexibility index (Phi) is 5.88. The van der Waals surface area contributed by atoms with Crippen LogP contribution >= 0.6 is 0 Å². The highest BCUT2D eigenvalue weighted by Gasteiger charge is 2.15. The number of nitrogens with zero attached hydrogens (tertiary/aromatic N) is 2. The average molecular weight is 387 g/mol. The average Bonchev–Trinajstić information content (AvgIpc) is 3.10.